The molecule has 0 rings (SSSR count). The van der Waals surface area contributed by atoms with Crippen LogP contribution in [-0.2, 0) is 33.4 Å². The Morgan fingerprint density at radius 3 is 1.17 bits per heavy atom. The number of hydrogen-bond donors (Lipinski definition) is 4. The molecule has 0 spiro atoms. The Kier molecular flexibility index (Phi) is 12.4. The van der Waals surface area contributed by atoms with Crippen molar-refractivity contribution in [1.82, 2.24) is 0 Å². The molecule has 0 aliphatic heterocycles. The van der Waals surface area contributed by atoms with Gasteiger partial charge in [-0.1, -0.05) is 0 Å². The van der Waals surface area contributed by atoms with Crippen molar-refractivity contribution in [2.24, 2.45) is 10.8 Å². The maximum Gasteiger partial charge on any atom is 0.313 e. The number of Topliss-reactive ketones (excluding diaryl/α,β-unsaturated/α-hetero) is 2. The molecule has 0 saturated heterocycles. The Morgan fingerprint density at radius 1 is 0.621 bits per heavy atom. The average Bonchev–Trinajstić information content (AvgIpc) is 2.66. The maximum absolute atomic E-state index is 11.5. The van der Waals surface area contributed by atoms with Crippen LogP contribution in [0.3, 0.4) is 0 Å². The van der Waals surface area contributed by atoms with Gasteiger partial charge >= 0.3 is 11.9 Å². The third-order valence-corrected chi connectivity index (χ3v) is 4.02. The molecule has 0 saturated carbocycles. The van der Waals surface area contributed by atoms with Crippen molar-refractivity contribution in [3.05, 3.63) is 0 Å². The minimum atomic E-state index is -1.38. The van der Waals surface area contributed by atoms with E-state index in [0.29, 0.717) is 0 Å². The van der Waals surface area contributed by atoms with E-state index in [1.165, 1.54) is 13.8 Å². The van der Waals surface area contributed by atoms with Gasteiger partial charge in [-0.05, 0) is 13.8 Å². The van der Waals surface area contributed by atoms with E-state index in [1.807, 2.05) is 0 Å². The molecule has 0 aliphatic rings. The molecule has 0 aromatic rings. The van der Waals surface area contributed by atoms with Gasteiger partial charge in [-0.15, -0.1) is 0 Å². The van der Waals surface area contributed by atoms with E-state index in [1.54, 1.807) is 0 Å². The average molecular weight is 422 g/mol. The molecule has 0 aromatic heterocycles. The second-order valence-electron chi connectivity index (χ2n) is 7.20. The van der Waals surface area contributed by atoms with Gasteiger partial charge in [0.15, 0.2) is 0 Å². The van der Waals surface area contributed by atoms with Crippen LogP contribution in [0, 0.1) is 10.8 Å². The molecule has 0 fully saturated rings. The molecule has 0 aliphatic carbocycles. The lowest BCUT2D eigenvalue weighted by molar-refractivity contribution is -0.158. The van der Waals surface area contributed by atoms with Gasteiger partial charge in [-0.25, -0.2) is 0 Å². The van der Waals surface area contributed by atoms with Crippen LogP contribution in [0.2, 0.25) is 0 Å². The Morgan fingerprint density at radius 2 is 0.931 bits per heavy atom. The first kappa shape index (κ1) is 27.1. The van der Waals surface area contributed by atoms with Crippen molar-refractivity contribution >= 4 is 23.5 Å². The summed E-state index contributed by atoms with van der Waals surface area (Å²) in [5.74, 6) is -2.44. The molecule has 0 amide bonds. The quantitative estimate of drug-likeness (QED) is 0.160. The molecule has 29 heavy (non-hydrogen) atoms. The van der Waals surface area contributed by atoms with E-state index >= 15 is 0 Å². The van der Waals surface area contributed by atoms with Crippen LogP contribution in [0.15, 0.2) is 0 Å². The van der Waals surface area contributed by atoms with Crippen LogP contribution in [0.4, 0.5) is 0 Å². The Hall–Kier alpha value is -1.92. The third-order valence-electron chi connectivity index (χ3n) is 4.02. The minimum Gasteiger partial charge on any atom is -0.464 e. The van der Waals surface area contributed by atoms with Gasteiger partial charge in [0.1, 0.15) is 37.6 Å². The van der Waals surface area contributed by atoms with Crippen molar-refractivity contribution in [3.63, 3.8) is 0 Å². The van der Waals surface area contributed by atoms with Crippen molar-refractivity contribution in [2.75, 3.05) is 52.9 Å². The molecule has 4 N–H and O–H groups in total. The summed E-state index contributed by atoms with van der Waals surface area (Å²) in [6, 6.07) is 0. The molecule has 0 bridgehead atoms. The number of esters is 2. The van der Waals surface area contributed by atoms with Crippen molar-refractivity contribution in [1.29, 1.82) is 0 Å². The highest BCUT2D eigenvalue weighted by Gasteiger charge is 2.35. The Balaban J connectivity index is 4.82. The normalized spacial score (nSPS) is 11.8. The fourth-order valence-electron chi connectivity index (χ4n) is 2.01. The summed E-state index contributed by atoms with van der Waals surface area (Å²) < 4.78 is 15.2. The first-order valence-electron chi connectivity index (χ1n) is 8.89. The van der Waals surface area contributed by atoms with Crippen molar-refractivity contribution < 1.29 is 53.8 Å². The van der Waals surface area contributed by atoms with E-state index < -0.39 is 86.8 Å². The maximum atomic E-state index is 11.5. The molecule has 0 heterocycles. The van der Waals surface area contributed by atoms with E-state index in [4.69, 9.17) is 14.2 Å². The van der Waals surface area contributed by atoms with Crippen LogP contribution in [0.25, 0.3) is 0 Å². The van der Waals surface area contributed by atoms with Gasteiger partial charge in [0, 0.05) is 0 Å². The first-order valence-corrected chi connectivity index (χ1v) is 8.89. The van der Waals surface area contributed by atoms with Crippen LogP contribution in [0.5, 0.6) is 0 Å². The van der Waals surface area contributed by atoms with Crippen molar-refractivity contribution in [3.8, 4) is 0 Å². The fourth-order valence-corrected chi connectivity index (χ4v) is 2.01. The summed E-state index contributed by atoms with van der Waals surface area (Å²) in [5, 5.41) is 38.3. The predicted octanol–water partition coefficient (Wildman–Crippen LogP) is -2.01. The number of hydrogen-bond acceptors (Lipinski definition) is 11. The summed E-state index contributed by atoms with van der Waals surface area (Å²) in [6.45, 7) is -1.54. The van der Waals surface area contributed by atoms with Crippen molar-refractivity contribution in [2.45, 2.75) is 26.7 Å². The van der Waals surface area contributed by atoms with Crippen LogP contribution >= 0.6 is 0 Å². The monoisotopic (exact) mass is 422 g/mol. The molecule has 11 heteroatoms. The molecular weight excluding hydrogens is 392 g/mol. The lowest BCUT2D eigenvalue weighted by Gasteiger charge is -2.33. The third kappa shape index (κ3) is 10.4. The number of ketones is 2. The number of ether oxygens (including phenoxy) is 3. The summed E-state index contributed by atoms with van der Waals surface area (Å²) in [6.07, 6.45) is -0.894. The zero-order valence-corrected chi connectivity index (χ0v) is 16.7. The summed E-state index contributed by atoms with van der Waals surface area (Å²) >= 11 is 0. The lowest BCUT2D eigenvalue weighted by atomic mass is 9.90. The van der Waals surface area contributed by atoms with Crippen LogP contribution in [-0.4, -0.2) is 96.8 Å². The van der Waals surface area contributed by atoms with Gasteiger partial charge in [-0.3, -0.25) is 19.2 Å². The fraction of sp³-hybridized carbons (Fsp3) is 0.778. The highest BCUT2D eigenvalue weighted by Crippen LogP contribution is 2.22. The largest absolute Gasteiger partial charge is 0.464 e. The molecule has 0 atom stereocenters. The van der Waals surface area contributed by atoms with E-state index in [2.05, 4.69) is 0 Å². The number of aliphatic hydroxyl groups is 4. The summed E-state index contributed by atoms with van der Waals surface area (Å²) in [5.41, 5.74) is -2.76. The zero-order valence-electron chi connectivity index (χ0n) is 16.7. The predicted molar refractivity (Wildman–Crippen MR) is 96.5 cm³/mol. The second kappa shape index (κ2) is 13.3. The highest BCUT2D eigenvalue weighted by atomic mass is 16.5. The van der Waals surface area contributed by atoms with Gasteiger partial charge < -0.3 is 34.6 Å². The van der Waals surface area contributed by atoms with Crippen LogP contribution < -0.4 is 0 Å². The van der Waals surface area contributed by atoms with E-state index in [9.17, 15) is 39.6 Å². The standard InChI is InChI=1S/C18H30O11/c1-13(23)3-15(25)28-11-17(5-19,6-20)9-27-10-18(7-21,8-22)12-29-16(26)4-14(2)24/h19-22H,3-12H2,1-2H3. The van der Waals surface area contributed by atoms with Gasteiger partial charge in [-0.2, -0.15) is 0 Å². The molecule has 11 nitrogen and oxygen atoms in total. The van der Waals surface area contributed by atoms with E-state index in [0.717, 1.165) is 0 Å². The topological polar surface area (TPSA) is 177 Å². The highest BCUT2D eigenvalue weighted by molar-refractivity contribution is 5.94. The molecule has 0 aromatic carbocycles. The molecular formula is C18H30O11. The van der Waals surface area contributed by atoms with Gasteiger partial charge in [0.05, 0.1) is 50.5 Å². The van der Waals surface area contributed by atoms with E-state index in [-0.39, 0.29) is 13.2 Å². The summed E-state index contributed by atoms with van der Waals surface area (Å²) in [7, 11) is 0. The number of carbonyl (C=O) groups excluding carboxylic acids is 4. The Labute approximate surface area is 168 Å². The van der Waals surface area contributed by atoms with Crippen LogP contribution in [0.1, 0.15) is 26.7 Å². The molecule has 0 radical (unpaired) electrons. The second-order valence-corrected chi connectivity index (χ2v) is 7.20. The summed E-state index contributed by atoms with van der Waals surface area (Å²) in [4.78, 5) is 44.8. The zero-order chi connectivity index (χ0) is 22.5. The number of carbonyl (C=O) groups is 4. The molecule has 0 unspecified atom stereocenters. The van der Waals surface area contributed by atoms with Gasteiger partial charge in [0.25, 0.3) is 0 Å². The first-order chi connectivity index (χ1) is 13.6. The molecule has 168 valence electrons. The Bertz CT molecular complexity index is 502. The number of rotatable bonds is 16. The SMILES string of the molecule is CC(=O)CC(=O)OCC(CO)(CO)COCC(CO)(CO)COC(=O)CC(C)=O. The van der Waals surface area contributed by atoms with Gasteiger partial charge in [0.2, 0.25) is 0 Å². The smallest absolute Gasteiger partial charge is 0.313 e. The number of aliphatic hydroxyl groups excluding tert-OH is 4. The lowest BCUT2D eigenvalue weighted by Crippen LogP contribution is -2.44. The minimum absolute atomic E-state index is 0.323.